The smallest absolute Gasteiger partial charge is 0.417 e. The summed E-state index contributed by atoms with van der Waals surface area (Å²) in [5, 5.41) is -0.348. The van der Waals surface area contributed by atoms with Gasteiger partial charge in [0.05, 0.1) is 17.7 Å². The third-order valence-corrected chi connectivity index (χ3v) is 3.14. The Kier molecular flexibility index (Phi) is 4.63. The number of alkyl halides is 3. The third kappa shape index (κ3) is 4.04. The topological polar surface area (TPSA) is 18.5 Å². The summed E-state index contributed by atoms with van der Waals surface area (Å²) in [5.41, 5.74) is -0.0873. The molecule has 0 aromatic heterocycles. The van der Waals surface area contributed by atoms with Crippen molar-refractivity contribution < 1.29 is 22.6 Å². The normalized spacial score (nSPS) is 11.3. The highest BCUT2D eigenvalue weighted by atomic mass is 35.5. The minimum atomic E-state index is -4.50. The molecule has 0 aliphatic carbocycles. The maximum atomic E-state index is 12.7. The van der Waals surface area contributed by atoms with Crippen molar-refractivity contribution in [1.82, 2.24) is 0 Å². The molecule has 0 amide bonds. The largest absolute Gasteiger partial charge is 0.497 e. The van der Waals surface area contributed by atoms with Crippen LogP contribution in [0.15, 0.2) is 42.5 Å². The first kappa shape index (κ1) is 15.5. The minimum Gasteiger partial charge on any atom is -0.497 e. The number of ether oxygens (including phenoxy) is 2. The van der Waals surface area contributed by atoms with E-state index in [1.165, 1.54) is 12.1 Å². The highest BCUT2D eigenvalue weighted by Gasteiger charge is 2.33. The van der Waals surface area contributed by atoms with Crippen LogP contribution >= 0.6 is 11.6 Å². The lowest BCUT2D eigenvalue weighted by Gasteiger charge is -2.12. The molecule has 2 rings (SSSR count). The third-order valence-electron chi connectivity index (χ3n) is 2.81. The Morgan fingerprint density at radius 3 is 2.19 bits per heavy atom. The SMILES string of the molecule is COc1ccc(COc2ccc(Cl)c(C(F)(F)F)c2)cc1. The molecule has 0 radical (unpaired) electrons. The average Bonchev–Trinajstić information content (AvgIpc) is 2.45. The molecule has 0 atom stereocenters. The Hall–Kier alpha value is -1.88. The van der Waals surface area contributed by atoms with Crippen molar-refractivity contribution in [3.05, 3.63) is 58.6 Å². The van der Waals surface area contributed by atoms with Gasteiger partial charge in [-0.3, -0.25) is 0 Å². The number of methoxy groups -OCH3 is 1. The zero-order valence-electron chi connectivity index (χ0n) is 11.1. The predicted octanol–water partition coefficient (Wildman–Crippen LogP) is 4.95. The number of benzene rings is 2. The molecule has 0 spiro atoms. The molecule has 6 heteroatoms. The van der Waals surface area contributed by atoms with Crippen molar-refractivity contribution in [3.8, 4) is 11.5 Å². The van der Waals surface area contributed by atoms with Crippen LogP contribution in [0, 0.1) is 0 Å². The van der Waals surface area contributed by atoms with Crippen molar-refractivity contribution in [2.75, 3.05) is 7.11 Å². The Morgan fingerprint density at radius 1 is 1.00 bits per heavy atom. The van der Waals surface area contributed by atoms with Crippen molar-refractivity contribution in [3.63, 3.8) is 0 Å². The van der Waals surface area contributed by atoms with Gasteiger partial charge in [0, 0.05) is 0 Å². The van der Waals surface area contributed by atoms with Gasteiger partial charge in [-0.15, -0.1) is 0 Å². The van der Waals surface area contributed by atoms with Crippen LogP contribution in [0.4, 0.5) is 13.2 Å². The van der Waals surface area contributed by atoms with E-state index in [9.17, 15) is 13.2 Å². The van der Waals surface area contributed by atoms with E-state index in [1.54, 1.807) is 31.4 Å². The average molecular weight is 317 g/mol. The molecular formula is C15H12ClF3O2. The first-order valence-electron chi connectivity index (χ1n) is 6.02. The second kappa shape index (κ2) is 6.26. The van der Waals surface area contributed by atoms with E-state index < -0.39 is 11.7 Å². The lowest BCUT2D eigenvalue weighted by atomic mass is 10.2. The van der Waals surface area contributed by atoms with Crippen LogP contribution in [0.5, 0.6) is 11.5 Å². The van der Waals surface area contributed by atoms with Gasteiger partial charge in [0.25, 0.3) is 0 Å². The number of rotatable bonds is 4. The lowest BCUT2D eigenvalue weighted by molar-refractivity contribution is -0.137. The van der Waals surface area contributed by atoms with Gasteiger partial charge in [-0.1, -0.05) is 23.7 Å². The minimum absolute atomic E-state index is 0.113. The molecule has 0 saturated carbocycles. The summed E-state index contributed by atoms with van der Waals surface area (Å²) in [4.78, 5) is 0. The summed E-state index contributed by atoms with van der Waals surface area (Å²) in [6, 6.07) is 10.5. The lowest BCUT2D eigenvalue weighted by Crippen LogP contribution is -2.06. The maximum Gasteiger partial charge on any atom is 0.417 e. The summed E-state index contributed by atoms with van der Waals surface area (Å²) in [6.07, 6.45) is -4.50. The van der Waals surface area contributed by atoms with E-state index in [1.807, 2.05) is 0 Å². The molecule has 2 aromatic carbocycles. The molecule has 0 N–H and O–H groups in total. The van der Waals surface area contributed by atoms with Gasteiger partial charge in [-0.25, -0.2) is 0 Å². The molecule has 0 aliphatic rings. The van der Waals surface area contributed by atoms with Crippen LogP contribution in [0.1, 0.15) is 11.1 Å². The van der Waals surface area contributed by atoms with Gasteiger partial charge in [0.15, 0.2) is 0 Å². The fraction of sp³-hybridized carbons (Fsp3) is 0.200. The van der Waals surface area contributed by atoms with Crippen LogP contribution in [0.25, 0.3) is 0 Å². The molecule has 0 aliphatic heterocycles. The summed E-state index contributed by atoms with van der Waals surface area (Å²) in [7, 11) is 1.55. The number of hydrogen-bond donors (Lipinski definition) is 0. The van der Waals surface area contributed by atoms with Crippen LogP contribution < -0.4 is 9.47 Å². The molecule has 0 bridgehead atoms. The zero-order valence-corrected chi connectivity index (χ0v) is 11.8. The Labute approximate surface area is 125 Å². The second-order valence-electron chi connectivity index (χ2n) is 4.28. The summed E-state index contributed by atoms with van der Waals surface area (Å²) in [5.74, 6) is 0.812. The molecule has 0 heterocycles. The Bertz CT molecular complexity index is 609. The van der Waals surface area contributed by atoms with Crippen LogP contribution in [-0.4, -0.2) is 7.11 Å². The summed E-state index contributed by atoms with van der Waals surface area (Å²) < 4.78 is 48.5. The van der Waals surface area contributed by atoms with Gasteiger partial charge >= 0.3 is 6.18 Å². The van der Waals surface area contributed by atoms with Gasteiger partial charge in [0.2, 0.25) is 0 Å². The molecule has 0 saturated heterocycles. The molecule has 0 fully saturated rings. The van der Waals surface area contributed by atoms with Gasteiger partial charge < -0.3 is 9.47 Å². The first-order valence-corrected chi connectivity index (χ1v) is 6.40. The standard InChI is InChI=1S/C15H12ClF3O2/c1-20-11-4-2-10(3-5-11)9-21-12-6-7-14(16)13(8-12)15(17,18)19/h2-8H,9H2,1H3. The zero-order chi connectivity index (χ0) is 15.5. The quantitative estimate of drug-likeness (QED) is 0.795. The van der Waals surface area contributed by atoms with Crippen LogP contribution in [0.2, 0.25) is 5.02 Å². The fourth-order valence-electron chi connectivity index (χ4n) is 1.70. The number of hydrogen-bond acceptors (Lipinski definition) is 2. The van der Waals surface area contributed by atoms with E-state index in [4.69, 9.17) is 21.1 Å². The van der Waals surface area contributed by atoms with E-state index in [-0.39, 0.29) is 17.4 Å². The van der Waals surface area contributed by atoms with Gasteiger partial charge in [-0.05, 0) is 35.9 Å². The first-order chi connectivity index (χ1) is 9.90. The van der Waals surface area contributed by atoms with E-state index in [2.05, 4.69) is 0 Å². The maximum absolute atomic E-state index is 12.7. The second-order valence-corrected chi connectivity index (χ2v) is 4.68. The predicted molar refractivity (Wildman–Crippen MR) is 73.8 cm³/mol. The number of halogens is 4. The highest BCUT2D eigenvalue weighted by Crippen LogP contribution is 2.36. The van der Waals surface area contributed by atoms with Crippen LogP contribution in [0.3, 0.4) is 0 Å². The van der Waals surface area contributed by atoms with Crippen molar-refractivity contribution in [2.24, 2.45) is 0 Å². The molecular weight excluding hydrogens is 305 g/mol. The molecule has 21 heavy (non-hydrogen) atoms. The van der Waals surface area contributed by atoms with Crippen molar-refractivity contribution >= 4 is 11.6 Å². The Balaban J connectivity index is 2.09. The molecule has 2 aromatic rings. The van der Waals surface area contributed by atoms with E-state index in [0.717, 1.165) is 11.6 Å². The summed E-state index contributed by atoms with van der Waals surface area (Å²) >= 11 is 5.54. The summed E-state index contributed by atoms with van der Waals surface area (Å²) in [6.45, 7) is 0.156. The fourth-order valence-corrected chi connectivity index (χ4v) is 1.92. The van der Waals surface area contributed by atoms with Gasteiger partial charge in [-0.2, -0.15) is 13.2 Å². The van der Waals surface area contributed by atoms with Crippen molar-refractivity contribution in [2.45, 2.75) is 12.8 Å². The highest BCUT2D eigenvalue weighted by molar-refractivity contribution is 6.31. The van der Waals surface area contributed by atoms with E-state index >= 15 is 0 Å². The van der Waals surface area contributed by atoms with Gasteiger partial charge in [0.1, 0.15) is 18.1 Å². The molecule has 2 nitrogen and oxygen atoms in total. The monoisotopic (exact) mass is 316 g/mol. The Morgan fingerprint density at radius 2 is 1.62 bits per heavy atom. The van der Waals surface area contributed by atoms with E-state index in [0.29, 0.717) is 5.75 Å². The van der Waals surface area contributed by atoms with Crippen LogP contribution in [-0.2, 0) is 12.8 Å². The molecule has 112 valence electrons. The van der Waals surface area contributed by atoms with Crippen molar-refractivity contribution in [1.29, 1.82) is 0 Å². The molecule has 0 unspecified atom stereocenters.